The van der Waals surface area contributed by atoms with E-state index in [-0.39, 0.29) is 0 Å². The number of para-hydroxylation sites is 1. The third-order valence-corrected chi connectivity index (χ3v) is 3.59. The molecule has 2 aromatic carbocycles. The minimum atomic E-state index is -0.462. The maximum absolute atomic E-state index is 9.59. The molecule has 3 heteroatoms. The van der Waals surface area contributed by atoms with Gasteiger partial charge in [-0.1, -0.05) is 42.5 Å². The number of hydrogen-bond acceptors (Lipinski definition) is 3. The molecule has 0 aliphatic carbocycles. The standard InChI is InChI=1S/C18H17NO2/c1-12(20)13-7-9-14(10-8-13)16-11-15-5-3-4-6-17(15)19-18(16)21-2/h3-12,20H,1-2H3. The molecule has 21 heavy (non-hydrogen) atoms. The van der Waals surface area contributed by atoms with Crippen molar-refractivity contribution in [1.82, 2.24) is 4.98 Å². The van der Waals surface area contributed by atoms with E-state index >= 15 is 0 Å². The van der Waals surface area contributed by atoms with Crippen LogP contribution in [-0.4, -0.2) is 17.2 Å². The Balaban J connectivity index is 2.13. The summed E-state index contributed by atoms with van der Waals surface area (Å²) in [6.45, 7) is 1.76. The Hall–Kier alpha value is -2.39. The largest absolute Gasteiger partial charge is 0.481 e. The Labute approximate surface area is 123 Å². The van der Waals surface area contributed by atoms with Gasteiger partial charge in [0.25, 0.3) is 0 Å². The molecule has 0 bridgehead atoms. The molecule has 0 aliphatic rings. The van der Waals surface area contributed by atoms with Crippen molar-refractivity contribution in [3.8, 4) is 17.0 Å². The first-order valence-corrected chi connectivity index (χ1v) is 6.91. The first kappa shape index (κ1) is 13.6. The molecule has 106 valence electrons. The number of aliphatic hydroxyl groups excluding tert-OH is 1. The lowest BCUT2D eigenvalue weighted by atomic mass is 10.0. The summed E-state index contributed by atoms with van der Waals surface area (Å²) < 4.78 is 5.43. The van der Waals surface area contributed by atoms with Crippen molar-refractivity contribution >= 4 is 10.9 Å². The van der Waals surface area contributed by atoms with E-state index in [4.69, 9.17) is 4.74 Å². The summed E-state index contributed by atoms with van der Waals surface area (Å²) in [6.07, 6.45) is -0.462. The summed E-state index contributed by atoms with van der Waals surface area (Å²) in [4.78, 5) is 4.56. The van der Waals surface area contributed by atoms with Gasteiger partial charge < -0.3 is 9.84 Å². The average molecular weight is 279 g/mol. The van der Waals surface area contributed by atoms with Crippen molar-refractivity contribution in [2.45, 2.75) is 13.0 Å². The minimum absolute atomic E-state index is 0.462. The fourth-order valence-electron chi connectivity index (χ4n) is 2.40. The third kappa shape index (κ3) is 2.60. The normalized spacial score (nSPS) is 12.3. The number of nitrogens with zero attached hydrogens (tertiary/aromatic N) is 1. The number of aliphatic hydroxyl groups is 1. The monoisotopic (exact) mass is 279 g/mol. The average Bonchev–Trinajstić information content (AvgIpc) is 2.53. The lowest BCUT2D eigenvalue weighted by Crippen LogP contribution is -1.94. The maximum Gasteiger partial charge on any atom is 0.221 e. The van der Waals surface area contributed by atoms with Crippen molar-refractivity contribution in [2.75, 3.05) is 7.11 Å². The molecule has 1 N–H and O–H groups in total. The van der Waals surface area contributed by atoms with E-state index in [9.17, 15) is 5.11 Å². The molecule has 0 radical (unpaired) electrons. The van der Waals surface area contributed by atoms with E-state index in [1.807, 2.05) is 48.5 Å². The molecule has 1 aromatic heterocycles. The van der Waals surface area contributed by atoms with Crippen molar-refractivity contribution in [3.63, 3.8) is 0 Å². The van der Waals surface area contributed by atoms with Crippen LogP contribution >= 0.6 is 0 Å². The summed E-state index contributed by atoms with van der Waals surface area (Å²) in [5.74, 6) is 0.610. The summed E-state index contributed by atoms with van der Waals surface area (Å²) in [5.41, 5.74) is 3.79. The van der Waals surface area contributed by atoms with Gasteiger partial charge in [0, 0.05) is 10.9 Å². The Morgan fingerprint density at radius 3 is 2.43 bits per heavy atom. The summed E-state index contributed by atoms with van der Waals surface area (Å²) in [7, 11) is 1.63. The molecule has 0 fully saturated rings. The van der Waals surface area contributed by atoms with Gasteiger partial charge >= 0.3 is 0 Å². The van der Waals surface area contributed by atoms with Crippen LogP contribution in [-0.2, 0) is 0 Å². The van der Waals surface area contributed by atoms with Crippen molar-refractivity contribution in [3.05, 3.63) is 60.2 Å². The predicted octanol–water partition coefficient (Wildman–Crippen LogP) is 3.96. The van der Waals surface area contributed by atoms with Crippen LogP contribution < -0.4 is 4.74 Å². The topological polar surface area (TPSA) is 42.4 Å². The molecule has 1 atom stereocenters. The number of hydrogen-bond donors (Lipinski definition) is 1. The van der Waals surface area contributed by atoms with Gasteiger partial charge in [-0.05, 0) is 30.2 Å². The van der Waals surface area contributed by atoms with Crippen LogP contribution in [0.4, 0.5) is 0 Å². The molecule has 0 amide bonds. The highest BCUT2D eigenvalue weighted by molar-refractivity contribution is 5.86. The SMILES string of the molecule is COc1nc2ccccc2cc1-c1ccc(C(C)O)cc1. The zero-order valence-corrected chi connectivity index (χ0v) is 12.1. The van der Waals surface area contributed by atoms with Gasteiger partial charge in [0.2, 0.25) is 5.88 Å². The lowest BCUT2D eigenvalue weighted by molar-refractivity contribution is 0.199. The number of methoxy groups -OCH3 is 1. The van der Waals surface area contributed by atoms with Gasteiger partial charge in [-0.25, -0.2) is 4.98 Å². The van der Waals surface area contributed by atoms with Crippen molar-refractivity contribution in [2.24, 2.45) is 0 Å². The van der Waals surface area contributed by atoms with Gasteiger partial charge in [0.15, 0.2) is 0 Å². The van der Waals surface area contributed by atoms with E-state index < -0.39 is 6.10 Å². The Morgan fingerprint density at radius 1 is 1.05 bits per heavy atom. The van der Waals surface area contributed by atoms with Crippen LogP contribution in [0.2, 0.25) is 0 Å². The molecule has 0 aliphatic heterocycles. The highest BCUT2D eigenvalue weighted by Crippen LogP contribution is 2.32. The number of rotatable bonds is 3. The number of benzene rings is 2. The molecule has 3 nitrogen and oxygen atoms in total. The van der Waals surface area contributed by atoms with Crippen LogP contribution in [0.3, 0.4) is 0 Å². The molecule has 1 unspecified atom stereocenters. The van der Waals surface area contributed by atoms with Gasteiger partial charge in [-0.2, -0.15) is 0 Å². The first-order chi connectivity index (χ1) is 10.2. The molecule has 1 heterocycles. The van der Waals surface area contributed by atoms with Crippen LogP contribution in [0.5, 0.6) is 5.88 Å². The second kappa shape index (κ2) is 5.54. The molecule has 0 spiro atoms. The molecular formula is C18H17NO2. The fourth-order valence-corrected chi connectivity index (χ4v) is 2.40. The lowest BCUT2D eigenvalue weighted by Gasteiger charge is -2.11. The summed E-state index contributed by atoms with van der Waals surface area (Å²) in [6, 6.07) is 17.9. The number of pyridine rings is 1. The Bertz CT molecular complexity index is 764. The molecule has 0 saturated heterocycles. The highest BCUT2D eigenvalue weighted by Gasteiger charge is 2.10. The van der Waals surface area contributed by atoms with Gasteiger partial charge in [-0.3, -0.25) is 0 Å². The highest BCUT2D eigenvalue weighted by atomic mass is 16.5. The minimum Gasteiger partial charge on any atom is -0.481 e. The van der Waals surface area contributed by atoms with Gasteiger partial charge in [-0.15, -0.1) is 0 Å². The van der Waals surface area contributed by atoms with Crippen LogP contribution in [0.25, 0.3) is 22.0 Å². The first-order valence-electron chi connectivity index (χ1n) is 6.91. The fraction of sp³-hybridized carbons (Fsp3) is 0.167. The Morgan fingerprint density at radius 2 is 1.76 bits per heavy atom. The Kier molecular flexibility index (Phi) is 3.59. The quantitative estimate of drug-likeness (QED) is 0.789. The predicted molar refractivity (Wildman–Crippen MR) is 84.4 cm³/mol. The zero-order chi connectivity index (χ0) is 14.8. The van der Waals surface area contributed by atoms with Gasteiger partial charge in [0.05, 0.1) is 18.7 Å². The third-order valence-electron chi connectivity index (χ3n) is 3.59. The van der Waals surface area contributed by atoms with Gasteiger partial charge in [0.1, 0.15) is 0 Å². The zero-order valence-electron chi connectivity index (χ0n) is 12.1. The second-order valence-corrected chi connectivity index (χ2v) is 5.04. The number of aromatic nitrogens is 1. The molecular weight excluding hydrogens is 262 g/mol. The summed E-state index contributed by atoms with van der Waals surface area (Å²) >= 11 is 0. The van der Waals surface area contributed by atoms with Crippen molar-refractivity contribution in [1.29, 1.82) is 0 Å². The molecule has 3 rings (SSSR count). The van der Waals surface area contributed by atoms with Crippen LogP contribution in [0.15, 0.2) is 54.6 Å². The van der Waals surface area contributed by atoms with E-state index in [2.05, 4.69) is 11.1 Å². The maximum atomic E-state index is 9.59. The second-order valence-electron chi connectivity index (χ2n) is 5.04. The van der Waals surface area contributed by atoms with Crippen LogP contribution in [0, 0.1) is 0 Å². The summed E-state index contributed by atoms with van der Waals surface area (Å²) in [5, 5.41) is 10.7. The van der Waals surface area contributed by atoms with E-state index in [1.165, 1.54) is 0 Å². The van der Waals surface area contributed by atoms with E-state index in [0.717, 1.165) is 27.6 Å². The van der Waals surface area contributed by atoms with Crippen molar-refractivity contribution < 1.29 is 9.84 Å². The molecule has 3 aromatic rings. The van der Waals surface area contributed by atoms with Crippen LogP contribution in [0.1, 0.15) is 18.6 Å². The van der Waals surface area contributed by atoms with E-state index in [1.54, 1.807) is 14.0 Å². The number of ether oxygens (including phenoxy) is 1. The smallest absolute Gasteiger partial charge is 0.221 e. The molecule has 0 saturated carbocycles. The number of fused-ring (bicyclic) bond motifs is 1. The van der Waals surface area contributed by atoms with E-state index in [0.29, 0.717) is 5.88 Å².